The molecule has 3 fully saturated rings. The maximum Gasteiger partial charge on any atom is 0.250 e. The van der Waals surface area contributed by atoms with Crippen molar-refractivity contribution in [2.45, 2.75) is 57.2 Å². The van der Waals surface area contributed by atoms with Gasteiger partial charge in [0.05, 0.1) is 6.04 Å². The molecule has 12 heteroatoms. The summed E-state index contributed by atoms with van der Waals surface area (Å²) in [5, 5.41) is 6.75. The van der Waals surface area contributed by atoms with E-state index in [-0.39, 0.29) is 24.2 Å². The summed E-state index contributed by atoms with van der Waals surface area (Å²) < 4.78 is 38.1. The number of rotatable bonds is 9. The molecule has 0 spiro atoms. The van der Waals surface area contributed by atoms with Crippen LogP contribution in [0.1, 0.15) is 50.6 Å². The molecule has 1 aromatic carbocycles. The van der Waals surface area contributed by atoms with E-state index < -0.39 is 56.8 Å². The lowest BCUT2D eigenvalue weighted by atomic mass is 9.92. The summed E-state index contributed by atoms with van der Waals surface area (Å²) in [7, 11) is -4.15. The molecule has 0 aromatic heterocycles. The summed E-state index contributed by atoms with van der Waals surface area (Å²) >= 11 is 0. The SMILES string of the molecule is CC(=O)N[C@@H](C(=O)N1C[C@@H]2CCC[C@@H]2[C@H]1C(=O)N[C@H](/C=C(\F)S(C)(=O)=O)C[C@@H]1CCNC1=O)c1ccccc1. The number of nitrogens with zero attached hydrogens (tertiary/aromatic N) is 1. The third-order valence-corrected chi connectivity index (χ3v) is 8.73. The monoisotopic (exact) mass is 562 g/mol. The first-order chi connectivity index (χ1) is 18.5. The molecule has 2 aliphatic heterocycles. The fraction of sp³-hybridized carbons (Fsp3) is 0.556. The highest BCUT2D eigenvalue weighted by atomic mass is 32.2. The van der Waals surface area contributed by atoms with E-state index >= 15 is 0 Å². The summed E-state index contributed by atoms with van der Waals surface area (Å²) in [6.07, 6.45) is 4.54. The van der Waals surface area contributed by atoms with Gasteiger partial charge < -0.3 is 20.9 Å². The van der Waals surface area contributed by atoms with Gasteiger partial charge in [-0.25, -0.2) is 8.42 Å². The van der Waals surface area contributed by atoms with E-state index in [2.05, 4.69) is 16.0 Å². The number of halogens is 1. The average molecular weight is 563 g/mol. The molecule has 1 aromatic rings. The van der Waals surface area contributed by atoms with E-state index in [1.165, 1.54) is 11.8 Å². The molecule has 0 radical (unpaired) electrons. The van der Waals surface area contributed by atoms with Crippen molar-refractivity contribution in [1.82, 2.24) is 20.9 Å². The first kappa shape index (κ1) is 28.7. The smallest absolute Gasteiger partial charge is 0.250 e. The predicted octanol–water partition coefficient (Wildman–Crippen LogP) is 1.36. The van der Waals surface area contributed by atoms with Crippen LogP contribution in [0, 0.1) is 17.8 Å². The van der Waals surface area contributed by atoms with E-state index in [0.717, 1.165) is 31.6 Å². The highest BCUT2D eigenvalue weighted by Gasteiger charge is 2.51. The lowest BCUT2D eigenvalue weighted by Crippen LogP contribution is -2.53. The van der Waals surface area contributed by atoms with Crippen molar-refractivity contribution in [3.8, 4) is 0 Å². The zero-order valence-corrected chi connectivity index (χ0v) is 22.9. The van der Waals surface area contributed by atoms with E-state index in [0.29, 0.717) is 25.1 Å². The summed E-state index contributed by atoms with van der Waals surface area (Å²) in [4.78, 5) is 53.3. The fourth-order valence-electron chi connectivity index (χ4n) is 6.07. The zero-order valence-electron chi connectivity index (χ0n) is 22.1. The molecule has 10 nitrogen and oxygen atoms in total. The van der Waals surface area contributed by atoms with Crippen molar-refractivity contribution in [3.05, 3.63) is 47.1 Å². The molecule has 6 atom stereocenters. The zero-order chi connectivity index (χ0) is 28.3. The van der Waals surface area contributed by atoms with Crippen LogP contribution in [-0.2, 0) is 29.0 Å². The van der Waals surface area contributed by atoms with Gasteiger partial charge >= 0.3 is 0 Å². The molecule has 0 unspecified atom stereocenters. The fourth-order valence-corrected chi connectivity index (χ4v) is 6.48. The molecular formula is C27H35FN4O6S. The van der Waals surface area contributed by atoms with Gasteiger partial charge in [-0.15, -0.1) is 0 Å². The second kappa shape index (κ2) is 11.8. The summed E-state index contributed by atoms with van der Waals surface area (Å²) in [5.41, 5.74) is 0.581. The Kier molecular flexibility index (Phi) is 8.73. The number of carbonyl (C=O) groups excluding carboxylic acids is 4. The Bertz CT molecular complexity index is 1250. The molecule has 2 saturated heterocycles. The van der Waals surface area contributed by atoms with E-state index in [9.17, 15) is 32.0 Å². The number of carbonyl (C=O) groups is 4. The summed E-state index contributed by atoms with van der Waals surface area (Å²) in [6.45, 7) is 2.10. The highest BCUT2D eigenvalue weighted by molar-refractivity contribution is 7.94. The minimum Gasteiger partial charge on any atom is -0.356 e. The van der Waals surface area contributed by atoms with Gasteiger partial charge in [0.15, 0.2) is 0 Å². The van der Waals surface area contributed by atoms with Crippen LogP contribution >= 0.6 is 0 Å². The normalized spacial score (nSPS) is 26.5. The molecule has 2 heterocycles. The Labute approximate surface area is 227 Å². The Hall–Kier alpha value is -3.28. The first-order valence-corrected chi connectivity index (χ1v) is 15.1. The summed E-state index contributed by atoms with van der Waals surface area (Å²) in [6, 6.07) is 5.83. The quantitative estimate of drug-likeness (QED) is 0.415. The van der Waals surface area contributed by atoms with Crippen molar-refractivity contribution in [2.75, 3.05) is 19.3 Å². The lowest BCUT2D eigenvalue weighted by molar-refractivity contribution is -0.142. The van der Waals surface area contributed by atoms with Crippen molar-refractivity contribution < 1.29 is 32.0 Å². The van der Waals surface area contributed by atoms with Gasteiger partial charge in [0, 0.05) is 32.2 Å². The molecule has 1 saturated carbocycles. The molecule has 212 valence electrons. The molecule has 4 rings (SSSR count). The van der Waals surface area contributed by atoms with Crippen LogP contribution in [0.4, 0.5) is 4.39 Å². The van der Waals surface area contributed by atoms with Gasteiger partial charge in [0.2, 0.25) is 32.7 Å². The topological polar surface area (TPSA) is 142 Å². The van der Waals surface area contributed by atoms with E-state index in [1.54, 1.807) is 30.3 Å². The Morgan fingerprint density at radius 1 is 1.15 bits per heavy atom. The predicted molar refractivity (Wildman–Crippen MR) is 141 cm³/mol. The van der Waals surface area contributed by atoms with Gasteiger partial charge in [-0.1, -0.05) is 36.8 Å². The molecule has 4 amide bonds. The number of hydrogen-bond acceptors (Lipinski definition) is 6. The van der Waals surface area contributed by atoms with Crippen molar-refractivity contribution in [2.24, 2.45) is 17.8 Å². The van der Waals surface area contributed by atoms with Gasteiger partial charge in [0.25, 0.3) is 5.91 Å². The lowest BCUT2D eigenvalue weighted by Gasteiger charge is -2.32. The van der Waals surface area contributed by atoms with E-state index in [1.807, 2.05) is 0 Å². The van der Waals surface area contributed by atoms with Crippen LogP contribution in [-0.4, -0.2) is 68.4 Å². The molecule has 39 heavy (non-hydrogen) atoms. The van der Waals surface area contributed by atoms with Gasteiger partial charge in [-0.2, -0.15) is 4.39 Å². The second-order valence-electron chi connectivity index (χ2n) is 10.7. The van der Waals surface area contributed by atoms with Crippen LogP contribution in [0.15, 0.2) is 41.6 Å². The molecule has 3 N–H and O–H groups in total. The number of likely N-dealkylation sites (tertiary alicyclic amines) is 1. The maximum absolute atomic E-state index is 14.5. The number of benzene rings is 1. The van der Waals surface area contributed by atoms with Crippen LogP contribution in [0.3, 0.4) is 0 Å². The minimum absolute atomic E-state index is 0.0216. The van der Waals surface area contributed by atoms with Gasteiger partial charge in [-0.05, 0) is 49.2 Å². The van der Waals surface area contributed by atoms with Crippen molar-refractivity contribution >= 4 is 33.5 Å². The van der Waals surface area contributed by atoms with Crippen LogP contribution in [0.25, 0.3) is 0 Å². The largest absolute Gasteiger partial charge is 0.356 e. The molecular weight excluding hydrogens is 527 g/mol. The average Bonchev–Trinajstić information content (AvgIpc) is 3.58. The van der Waals surface area contributed by atoms with E-state index in [4.69, 9.17) is 0 Å². The number of fused-ring (bicyclic) bond motifs is 1. The maximum atomic E-state index is 14.5. The van der Waals surface area contributed by atoms with Crippen LogP contribution < -0.4 is 16.0 Å². The van der Waals surface area contributed by atoms with Crippen molar-refractivity contribution in [3.63, 3.8) is 0 Å². The number of amides is 4. The van der Waals surface area contributed by atoms with Gasteiger partial charge in [0.1, 0.15) is 12.1 Å². The van der Waals surface area contributed by atoms with Crippen LogP contribution in [0.5, 0.6) is 0 Å². The second-order valence-corrected chi connectivity index (χ2v) is 12.6. The number of nitrogens with one attached hydrogen (secondary N) is 3. The van der Waals surface area contributed by atoms with Crippen LogP contribution in [0.2, 0.25) is 0 Å². The number of sulfone groups is 1. The Morgan fingerprint density at radius 2 is 1.87 bits per heavy atom. The summed E-state index contributed by atoms with van der Waals surface area (Å²) in [5.74, 6) is -2.13. The number of hydrogen-bond donors (Lipinski definition) is 3. The minimum atomic E-state index is -4.15. The molecule has 3 aliphatic rings. The highest BCUT2D eigenvalue weighted by Crippen LogP contribution is 2.43. The van der Waals surface area contributed by atoms with Crippen molar-refractivity contribution in [1.29, 1.82) is 0 Å². The standard InChI is InChI=1S/C27H35FN4O6S/c1-16(33)30-23(17-7-4-3-5-8-17)27(36)32-15-19-9-6-10-21(19)24(32)26(35)31-20(14-22(28)39(2,37)38)13-18-11-12-29-25(18)34/h3-5,7-8,14,18-21,23-24H,6,9-13,15H2,1-2H3,(H,29,34)(H,30,33)(H,31,35)/b22-14+/t18-,19-,20-,21-,23+,24-/m0/s1. The third-order valence-electron chi connectivity index (χ3n) is 7.88. The Morgan fingerprint density at radius 3 is 2.49 bits per heavy atom. The third kappa shape index (κ3) is 6.66. The molecule has 0 bridgehead atoms. The molecule has 1 aliphatic carbocycles. The first-order valence-electron chi connectivity index (χ1n) is 13.2. The Balaban J connectivity index is 1.62. The van der Waals surface area contributed by atoms with Gasteiger partial charge in [-0.3, -0.25) is 19.2 Å².